The van der Waals surface area contributed by atoms with Gasteiger partial charge in [0.05, 0.1) is 19.4 Å². The van der Waals surface area contributed by atoms with Crippen molar-refractivity contribution >= 4 is 45.9 Å². The number of hydrogen-bond acceptors (Lipinski definition) is 7. The van der Waals surface area contributed by atoms with Crippen LogP contribution in [-0.2, 0) is 10.2 Å². The molecule has 1 fully saturated rings. The van der Waals surface area contributed by atoms with Crippen LogP contribution in [0.2, 0.25) is 5.02 Å². The van der Waals surface area contributed by atoms with Gasteiger partial charge in [0.25, 0.3) is 0 Å². The number of amides is 3. The number of fused-ring (bicyclic) bond motifs is 2. The normalized spacial score (nSPS) is 21.1. The first-order valence-electron chi connectivity index (χ1n) is 9.32. The maximum absolute atomic E-state index is 13.1. The fourth-order valence-electron chi connectivity index (χ4n) is 4.08. The minimum atomic E-state index is -1.09. The van der Waals surface area contributed by atoms with Gasteiger partial charge >= 0.3 is 12.1 Å². The van der Waals surface area contributed by atoms with E-state index in [-0.39, 0.29) is 6.03 Å². The van der Waals surface area contributed by atoms with Crippen LogP contribution < -0.4 is 10.2 Å². The van der Waals surface area contributed by atoms with Gasteiger partial charge in [0.1, 0.15) is 6.10 Å². The summed E-state index contributed by atoms with van der Waals surface area (Å²) in [5, 5.41) is 24.0. The molecule has 3 heterocycles. The molecule has 0 radical (unpaired) electrons. The summed E-state index contributed by atoms with van der Waals surface area (Å²) in [5.74, 6) is 0. The highest BCUT2D eigenvalue weighted by molar-refractivity contribution is 7.14. The summed E-state index contributed by atoms with van der Waals surface area (Å²) in [4.78, 5) is 32.5. The Labute approximate surface area is 181 Å². The number of halogens is 1. The molecule has 1 spiro atoms. The highest BCUT2D eigenvalue weighted by Gasteiger charge is 2.50. The molecule has 1 aromatic heterocycles. The number of methoxy groups -OCH3 is 1. The molecule has 0 saturated carbocycles. The van der Waals surface area contributed by atoms with Gasteiger partial charge in [0, 0.05) is 41.1 Å². The number of aromatic nitrogens is 1. The lowest BCUT2D eigenvalue weighted by Gasteiger charge is -2.25. The van der Waals surface area contributed by atoms with E-state index >= 15 is 0 Å². The van der Waals surface area contributed by atoms with Crippen LogP contribution in [0.25, 0.3) is 0 Å². The third-order valence-corrected chi connectivity index (χ3v) is 6.57. The summed E-state index contributed by atoms with van der Waals surface area (Å²) < 4.78 is 4.86. The number of thiazole rings is 1. The van der Waals surface area contributed by atoms with Crippen molar-refractivity contribution in [2.45, 2.75) is 17.9 Å². The lowest BCUT2D eigenvalue weighted by Crippen LogP contribution is -2.41. The third-order valence-electron chi connectivity index (χ3n) is 5.56. The van der Waals surface area contributed by atoms with Gasteiger partial charge in [-0.1, -0.05) is 11.6 Å². The Bertz CT molecular complexity index is 986. The first kappa shape index (κ1) is 20.9. The van der Waals surface area contributed by atoms with Crippen molar-refractivity contribution in [3.63, 3.8) is 0 Å². The zero-order valence-electron chi connectivity index (χ0n) is 16.2. The Hall–Kier alpha value is -2.40. The first-order chi connectivity index (χ1) is 14.4. The molecule has 2 aromatic rings. The molecule has 2 atom stereocenters. The lowest BCUT2D eigenvalue weighted by atomic mass is 9.81. The number of likely N-dealkylation sites (tertiary alicyclic amines) is 1. The van der Waals surface area contributed by atoms with E-state index in [2.05, 4.69) is 10.3 Å². The molecule has 9 nitrogen and oxygen atoms in total. The molecule has 160 valence electrons. The second kappa shape index (κ2) is 8.03. The van der Waals surface area contributed by atoms with Gasteiger partial charge < -0.3 is 19.8 Å². The molecule has 4 rings (SSSR count). The molecule has 0 aliphatic carbocycles. The molecule has 11 heteroatoms. The summed E-state index contributed by atoms with van der Waals surface area (Å²) in [7, 11) is 1.35. The number of carbonyl (C=O) groups is 2. The minimum absolute atomic E-state index is 0.299. The van der Waals surface area contributed by atoms with E-state index in [1.165, 1.54) is 7.11 Å². The van der Waals surface area contributed by atoms with E-state index in [4.69, 9.17) is 21.4 Å². The van der Waals surface area contributed by atoms with Gasteiger partial charge in [0.15, 0.2) is 5.13 Å². The smallest absolute Gasteiger partial charge is 0.409 e. The van der Waals surface area contributed by atoms with Crippen molar-refractivity contribution in [1.82, 2.24) is 9.88 Å². The summed E-state index contributed by atoms with van der Waals surface area (Å²) in [6.07, 6.45) is -0.799. The largest absolute Gasteiger partial charge is 0.453 e. The van der Waals surface area contributed by atoms with E-state index < -0.39 is 24.2 Å². The summed E-state index contributed by atoms with van der Waals surface area (Å²) in [6.45, 7) is 0.903. The predicted octanol–water partition coefficient (Wildman–Crippen LogP) is 2.58. The van der Waals surface area contributed by atoms with Crippen LogP contribution in [0.1, 0.15) is 23.8 Å². The number of urea groups is 1. The van der Waals surface area contributed by atoms with E-state index in [1.807, 2.05) is 6.07 Å². The maximum Gasteiger partial charge on any atom is 0.409 e. The van der Waals surface area contributed by atoms with Gasteiger partial charge in [-0.25, -0.2) is 14.6 Å². The van der Waals surface area contributed by atoms with E-state index in [1.54, 1.807) is 27.3 Å². The van der Waals surface area contributed by atoms with Crippen molar-refractivity contribution < 1.29 is 24.5 Å². The van der Waals surface area contributed by atoms with Gasteiger partial charge in [-0.15, -0.1) is 11.3 Å². The van der Waals surface area contributed by atoms with Gasteiger partial charge in [-0.2, -0.15) is 0 Å². The Morgan fingerprint density at radius 3 is 2.97 bits per heavy atom. The second-order valence-corrected chi connectivity index (χ2v) is 8.67. The number of ether oxygens (including phenoxy) is 1. The molecule has 2 aliphatic rings. The van der Waals surface area contributed by atoms with E-state index in [9.17, 15) is 14.7 Å². The van der Waals surface area contributed by atoms with Crippen LogP contribution in [0.4, 0.5) is 20.4 Å². The van der Waals surface area contributed by atoms with Crippen LogP contribution in [0, 0.1) is 0 Å². The number of aliphatic hydroxyl groups excluding tert-OH is 2. The average molecular weight is 453 g/mol. The highest BCUT2D eigenvalue weighted by atomic mass is 35.5. The second-order valence-electron chi connectivity index (χ2n) is 7.38. The molecule has 30 heavy (non-hydrogen) atoms. The predicted molar refractivity (Wildman–Crippen MR) is 112 cm³/mol. The minimum Gasteiger partial charge on any atom is -0.453 e. The van der Waals surface area contributed by atoms with Gasteiger partial charge in [-0.05, 0) is 30.2 Å². The van der Waals surface area contributed by atoms with Gasteiger partial charge in [0.2, 0.25) is 0 Å². The van der Waals surface area contributed by atoms with Crippen molar-refractivity contribution in [3.8, 4) is 0 Å². The number of nitrogens with one attached hydrogen (secondary N) is 1. The summed E-state index contributed by atoms with van der Waals surface area (Å²) in [5.41, 5.74) is 1.53. The first-order valence-corrected chi connectivity index (χ1v) is 10.6. The number of hydrogen-bond donors (Lipinski definition) is 3. The molecule has 2 unspecified atom stereocenters. The molecule has 1 aromatic carbocycles. The molecule has 3 amide bonds. The number of rotatable bonds is 3. The lowest BCUT2D eigenvalue weighted by molar-refractivity contribution is 0.0928. The Balaban J connectivity index is 1.58. The number of anilines is 2. The molecular weight excluding hydrogens is 432 g/mol. The van der Waals surface area contributed by atoms with Crippen LogP contribution in [0.5, 0.6) is 0 Å². The van der Waals surface area contributed by atoms with Crippen LogP contribution in [0.15, 0.2) is 23.6 Å². The van der Waals surface area contributed by atoms with Crippen molar-refractivity contribution in [1.29, 1.82) is 0 Å². The molecular formula is C19H21ClN4O5S. The van der Waals surface area contributed by atoms with Crippen LogP contribution in [0.3, 0.4) is 0 Å². The highest BCUT2D eigenvalue weighted by Crippen LogP contribution is 2.47. The zero-order chi connectivity index (χ0) is 21.5. The zero-order valence-corrected chi connectivity index (χ0v) is 17.7. The van der Waals surface area contributed by atoms with Crippen molar-refractivity contribution in [2.75, 3.05) is 43.6 Å². The topological polar surface area (TPSA) is 115 Å². The quantitative estimate of drug-likeness (QED) is 0.659. The van der Waals surface area contributed by atoms with Crippen LogP contribution >= 0.6 is 22.9 Å². The number of aliphatic hydroxyl groups is 2. The monoisotopic (exact) mass is 452 g/mol. The summed E-state index contributed by atoms with van der Waals surface area (Å²) >= 11 is 7.40. The fourth-order valence-corrected chi connectivity index (χ4v) is 5.00. The Morgan fingerprint density at radius 1 is 1.43 bits per heavy atom. The number of nitrogens with zero attached hydrogens (tertiary/aromatic N) is 3. The average Bonchev–Trinajstić information content (AvgIpc) is 3.46. The molecule has 3 N–H and O–H groups in total. The van der Waals surface area contributed by atoms with E-state index in [0.717, 1.165) is 22.6 Å². The maximum atomic E-state index is 13.1. The van der Waals surface area contributed by atoms with E-state index in [0.29, 0.717) is 41.9 Å². The molecule has 2 aliphatic heterocycles. The number of benzene rings is 1. The third kappa shape index (κ3) is 3.60. The van der Waals surface area contributed by atoms with Gasteiger partial charge in [-0.3, -0.25) is 10.2 Å². The Kier molecular flexibility index (Phi) is 5.58. The fraction of sp³-hybridized carbons (Fsp3) is 0.421. The van der Waals surface area contributed by atoms with Crippen molar-refractivity contribution in [3.05, 3.63) is 39.9 Å². The Morgan fingerprint density at radius 2 is 2.23 bits per heavy atom. The molecule has 1 saturated heterocycles. The SMILES string of the molecule is COC(=O)N1CCC2(C1)CN(C(=O)Nc1nc(C(O)CO)cs1)c1ccc(Cl)cc12. The van der Waals surface area contributed by atoms with Crippen LogP contribution in [-0.4, -0.2) is 65.6 Å². The summed E-state index contributed by atoms with van der Waals surface area (Å²) in [6, 6.07) is 5.01. The molecule has 0 bridgehead atoms. The van der Waals surface area contributed by atoms with Crippen molar-refractivity contribution in [2.24, 2.45) is 0 Å². The number of carbonyl (C=O) groups excluding carboxylic acids is 2. The standard InChI is InChI=1S/C19H21ClN4O5S/c1-29-18(28)23-5-4-19(9-23)10-24(14-3-2-11(20)6-12(14)19)17(27)22-16-21-13(8-30-16)15(26)7-25/h2-3,6,8,15,25-26H,4-5,7,9-10H2,1H3,(H,21,22,27).